The molecule has 12 heteroatoms. The largest absolute Gasteiger partial charge is 0.480 e. The molecule has 1 fully saturated rings. The second-order valence-corrected chi connectivity index (χ2v) is 6.44. The molecule has 27 heavy (non-hydrogen) atoms. The Kier molecular flexibility index (Phi) is 9.58. The van der Waals surface area contributed by atoms with Crippen molar-refractivity contribution >= 4 is 42.2 Å². The van der Waals surface area contributed by atoms with Gasteiger partial charge >= 0.3 is 5.97 Å². The first kappa shape index (κ1) is 22.7. The van der Waals surface area contributed by atoms with Crippen molar-refractivity contribution in [2.24, 2.45) is 5.73 Å². The molecule has 152 valence electrons. The van der Waals surface area contributed by atoms with Gasteiger partial charge in [0.05, 0.1) is 6.04 Å². The van der Waals surface area contributed by atoms with Crippen molar-refractivity contribution in [2.75, 3.05) is 18.8 Å². The first-order valence-corrected chi connectivity index (χ1v) is 9.10. The van der Waals surface area contributed by atoms with Crippen LogP contribution in [0.15, 0.2) is 0 Å². The van der Waals surface area contributed by atoms with Gasteiger partial charge in [-0.1, -0.05) is 0 Å². The fourth-order valence-electron chi connectivity index (χ4n) is 2.49. The molecule has 0 saturated carbocycles. The summed E-state index contributed by atoms with van der Waals surface area (Å²) in [6.07, 6.45) is 1.22. The predicted octanol–water partition coefficient (Wildman–Crippen LogP) is -2.90. The molecule has 11 nitrogen and oxygen atoms in total. The zero-order valence-corrected chi connectivity index (χ0v) is 15.6. The monoisotopic (exact) mass is 403 g/mol. The number of carboxylic acids is 1. The Labute approximate surface area is 161 Å². The van der Waals surface area contributed by atoms with Gasteiger partial charge in [0.25, 0.3) is 0 Å². The van der Waals surface area contributed by atoms with E-state index >= 15 is 0 Å². The third-order valence-corrected chi connectivity index (χ3v) is 4.28. The van der Waals surface area contributed by atoms with Gasteiger partial charge in [0.1, 0.15) is 18.6 Å². The summed E-state index contributed by atoms with van der Waals surface area (Å²) >= 11 is 4.05. The van der Waals surface area contributed by atoms with Crippen LogP contribution in [0.25, 0.3) is 0 Å². The number of amides is 4. The maximum Gasteiger partial charge on any atom is 0.322 e. The molecular formula is C15H25N5O6S. The van der Waals surface area contributed by atoms with Crippen LogP contribution in [0, 0.1) is 0 Å². The van der Waals surface area contributed by atoms with E-state index in [0.717, 1.165) is 13.0 Å². The molecule has 1 aliphatic heterocycles. The second-order valence-electron chi connectivity index (χ2n) is 6.07. The summed E-state index contributed by atoms with van der Waals surface area (Å²) in [7, 11) is 0. The minimum absolute atomic E-state index is 0.0103. The number of carboxylic acid groups (broad SMARTS) is 1. The number of hydrogen-bond acceptors (Lipinski definition) is 7. The molecule has 7 N–H and O–H groups in total. The van der Waals surface area contributed by atoms with Crippen LogP contribution in [-0.2, 0) is 24.0 Å². The molecule has 3 unspecified atom stereocenters. The van der Waals surface area contributed by atoms with Crippen LogP contribution in [0.3, 0.4) is 0 Å². The maximum atomic E-state index is 12.4. The number of hydrogen-bond donors (Lipinski definition) is 7. The van der Waals surface area contributed by atoms with E-state index in [-0.39, 0.29) is 30.5 Å². The van der Waals surface area contributed by atoms with Gasteiger partial charge in [-0.3, -0.25) is 24.0 Å². The Morgan fingerprint density at radius 1 is 1.15 bits per heavy atom. The molecule has 0 bridgehead atoms. The minimum atomic E-state index is -1.26. The quantitative estimate of drug-likeness (QED) is 0.181. The van der Waals surface area contributed by atoms with E-state index < -0.39 is 42.3 Å². The number of aliphatic carboxylic acids is 1. The highest BCUT2D eigenvalue weighted by Gasteiger charge is 2.29. The summed E-state index contributed by atoms with van der Waals surface area (Å²) in [5.74, 6) is -3.72. The highest BCUT2D eigenvalue weighted by Crippen LogP contribution is 2.06. The van der Waals surface area contributed by atoms with Gasteiger partial charge in [-0.2, -0.15) is 12.6 Å². The van der Waals surface area contributed by atoms with Crippen LogP contribution in [0.4, 0.5) is 0 Å². The van der Waals surface area contributed by atoms with Gasteiger partial charge in [-0.05, 0) is 25.8 Å². The third kappa shape index (κ3) is 8.26. The van der Waals surface area contributed by atoms with Gasteiger partial charge in [0.15, 0.2) is 0 Å². The average Bonchev–Trinajstić information content (AvgIpc) is 3.15. The lowest BCUT2D eigenvalue weighted by molar-refractivity contribution is -0.138. The molecule has 4 amide bonds. The number of rotatable bonds is 11. The Morgan fingerprint density at radius 2 is 1.85 bits per heavy atom. The van der Waals surface area contributed by atoms with Crippen molar-refractivity contribution < 1.29 is 29.1 Å². The molecule has 0 aromatic carbocycles. The second kappa shape index (κ2) is 11.4. The molecule has 3 atom stereocenters. The van der Waals surface area contributed by atoms with Crippen LogP contribution in [-0.4, -0.2) is 71.7 Å². The summed E-state index contributed by atoms with van der Waals surface area (Å²) in [5.41, 5.74) is 5.06. The Morgan fingerprint density at radius 3 is 2.37 bits per heavy atom. The van der Waals surface area contributed by atoms with E-state index in [0.29, 0.717) is 6.42 Å². The summed E-state index contributed by atoms with van der Waals surface area (Å²) in [5, 5.41) is 18.7. The van der Waals surface area contributed by atoms with Crippen molar-refractivity contribution in [3.05, 3.63) is 0 Å². The molecule has 0 aliphatic carbocycles. The van der Waals surface area contributed by atoms with Gasteiger partial charge in [0.2, 0.25) is 23.6 Å². The standard InChI is InChI=1S/C15H25N5O6S/c16-11(21)4-3-9(13(24)18-6-12(22)23)19-15(26)10(7-27)20-14(25)8-2-1-5-17-8/h8-10,17,27H,1-7H2,(H2,16,21)(H,18,24)(H,19,26)(H,20,25)(H,22,23). The highest BCUT2D eigenvalue weighted by atomic mass is 32.1. The maximum absolute atomic E-state index is 12.4. The topological polar surface area (TPSA) is 180 Å². The van der Waals surface area contributed by atoms with Gasteiger partial charge in [0, 0.05) is 12.2 Å². The zero-order chi connectivity index (χ0) is 20.4. The van der Waals surface area contributed by atoms with E-state index in [1.165, 1.54) is 0 Å². The summed E-state index contributed by atoms with van der Waals surface area (Å²) < 4.78 is 0. The molecule has 1 aliphatic rings. The number of carbonyl (C=O) groups is 5. The van der Waals surface area contributed by atoms with Crippen molar-refractivity contribution in [3.8, 4) is 0 Å². The van der Waals surface area contributed by atoms with Crippen molar-refractivity contribution in [2.45, 2.75) is 43.8 Å². The van der Waals surface area contributed by atoms with E-state index in [1.54, 1.807) is 0 Å². The fraction of sp³-hybridized carbons (Fsp3) is 0.667. The minimum Gasteiger partial charge on any atom is -0.480 e. The lowest BCUT2D eigenvalue weighted by Gasteiger charge is -2.23. The number of primary amides is 1. The predicted molar refractivity (Wildman–Crippen MR) is 97.8 cm³/mol. The molecule has 1 saturated heterocycles. The van der Waals surface area contributed by atoms with Crippen LogP contribution in [0.5, 0.6) is 0 Å². The number of nitrogens with one attached hydrogen (secondary N) is 4. The molecule has 0 aromatic heterocycles. The van der Waals surface area contributed by atoms with Crippen LogP contribution in [0.1, 0.15) is 25.7 Å². The molecular weight excluding hydrogens is 378 g/mol. The highest BCUT2D eigenvalue weighted by molar-refractivity contribution is 7.80. The number of nitrogens with two attached hydrogens (primary N) is 1. The molecule has 0 radical (unpaired) electrons. The Hall–Kier alpha value is -2.34. The Balaban J connectivity index is 2.69. The lowest BCUT2D eigenvalue weighted by Crippen LogP contribution is -2.56. The Bertz CT molecular complexity index is 581. The van der Waals surface area contributed by atoms with Crippen molar-refractivity contribution in [1.29, 1.82) is 0 Å². The van der Waals surface area contributed by atoms with Crippen molar-refractivity contribution in [3.63, 3.8) is 0 Å². The van der Waals surface area contributed by atoms with E-state index in [1.807, 2.05) is 0 Å². The van der Waals surface area contributed by atoms with Gasteiger partial charge < -0.3 is 32.1 Å². The molecule has 0 spiro atoms. The first-order valence-electron chi connectivity index (χ1n) is 8.47. The smallest absolute Gasteiger partial charge is 0.322 e. The molecule has 1 rings (SSSR count). The normalized spacial score (nSPS) is 18.2. The fourth-order valence-corrected chi connectivity index (χ4v) is 2.75. The van der Waals surface area contributed by atoms with Gasteiger partial charge in [-0.25, -0.2) is 0 Å². The van der Waals surface area contributed by atoms with E-state index in [9.17, 15) is 24.0 Å². The van der Waals surface area contributed by atoms with Gasteiger partial charge in [-0.15, -0.1) is 0 Å². The van der Waals surface area contributed by atoms with Crippen LogP contribution < -0.4 is 27.0 Å². The zero-order valence-electron chi connectivity index (χ0n) is 14.7. The van der Waals surface area contributed by atoms with Crippen molar-refractivity contribution in [1.82, 2.24) is 21.3 Å². The first-order chi connectivity index (χ1) is 12.7. The summed E-state index contributed by atoms with van der Waals surface area (Å²) in [4.78, 5) is 58.2. The summed E-state index contributed by atoms with van der Waals surface area (Å²) in [6, 6.07) is -2.55. The van der Waals surface area contributed by atoms with E-state index in [2.05, 4.69) is 33.9 Å². The van der Waals surface area contributed by atoms with E-state index in [4.69, 9.17) is 10.8 Å². The average molecular weight is 403 g/mol. The molecule has 1 heterocycles. The van der Waals surface area contributed by atoms with Crippen LogP contribution >= 0.6 is 12.6 Å². The number of thiol groups is 1. The third-order valence-electron chi connectivity index (χ3n) is 3.92. The SMILES string of the molecule is NC(=O)CCC(NC(=O)C(CS)NC(=O)C1CCCN1)C(=O)NCC(=O)O. The molecule has 0 aromatic rings. The lowest BCUT2D eigenvalue weighted by atomic mass is 10.1. The number of carbonyl (C=O) groups excluding carboxylic acids is 4. The van der Waals surface area contributed by atoms with Crippen LogP contribution in [0.2, 0.25) is 0 Å². The summed E-state index contributed by atoms with van der Waals surface area (Å²) in [6.45, 7) is 0.0800.